The van der Waals surface area contributed by atoms with Gasteiger partial charge in [-0.25, -0.2) is 0 Å². The van der Waals surface area contributed by atoms with E-state index in [0.29, 0.717) is 19.5 Å². The van der Waals surface area contributed by atoms with E-state index in [1.54, 1.807) is 4.90 Å². The second-order valence-corrected chi connectivity index (χ2v) is 6.58. The lowest BCUT2D eigenvalue weighted by atomic mass is 9.72. The third kappa shape index (κ3) is 2.55. The van der Waals surface area contributed by atoms with Gasteiger partial charge in [-0.3, -0.25) is 9.59 Å². The predicted octanol–water partition coefficient (Wildman–Crippen LogP) is 2.11. The third-order valence-corrected chi connectivity index (χ3v) is 4.99. The Morgan fingerprint density at radius 2 is 2.00 bits per heavy atom. The molecule has 1 aromatic rings. The van der Waals surface area contributed by atoms with E-state index < -0.39 is 11.9 Å². The van der Waals surface area contributed by atoms with E-state index in [9.17, 15) is 9.59 Å². The Hall–Kier alpha value is -1.84. The largest absolute Gasteiger partial charge is 0.481 e. The average molecular weight is 287 g/mol. The summed E-state index contributed by atoms with van der Waals surface area (Å²) in [5, 5.41) is 9.08. The minimum absolute atomic E-state index is 0.126. The molecule has 1 saturated heterocycles. The maximum Gasteiger partial charge on any atom is 0.308 e. The standard InChI is InChI=1S/C17H21NO3/c1-17(8-6-12-4-2-3-5-13(12)10-17)16(21)18-9-7-14(11-18)15(19)20/h2-5,14H,6-11H2,1H3,(H,19,20). The maximum atomic E-state index is 12.8. The van der Waals surface area contributed by atoms with Gasteiger partial charge in [0.1, 0.15) is 0 Å². The van der Waals surface area contributed by atoms with Crippen LogP contribution >= 0.6 is 0 Å². The van der Waals surface area contributed by atoms with Crippen molar-refractivity contribution in [3.8, 4) is 0 Å². The Labute approximate surface area is 124 Å². The summed E-state index contributed by atoms with van der Waals surface area (Å²) in [5.74, 6) is -1.06. The molecule has 2 unspecified atom stereocenters. The Morgan fingerprint density at radius 3 is 2.67 bits per heavy atom. The fourth-order valence-electron chi connectivity index (χ4n) is 3.60. The van der Waals surface area contributed by atoms with Gasteiger partial charge in [0.2, 0.25) is 5.91 Å². The number of nitrogens with zero attached hydrogens (tertiary/aromatic N) is 1. The number of hydrogen-bond acceptors (Lipinski definition) is 2. The van der Waals surface area contributed by atoms with E-state index in [4.69, 9.17) is 5.11 Å². The highest BCUT2D eigenvalue weighted by Gasteiger charge is 2.42. The van der Waals surface area contributed by atoms with Crippen molar-refractivity contribution in [3.05, 3.63) is 35.4 Å². The number of fused-ring (bicyclic) bond motifs is 1. The zero-order chi connectivity index (χ0) is 15.0. The van der Waals surface area contributed by atoms with E-state index in [2.05, 4.69) is 12.1 Å². The van der Waals surface area contributed by atoms with Gasteiger partial charge in [-0.05, 0) is 36.8 Å². The topological polar surface area (TPSA) is 57.6 Å². The van der Waals surface area contributed by atoms with Crippen LogP contribution in [0.1, 0.15) is 30.9 Å². The number of carbonyl (C=O) groups is 2. The molecule has 1 aromatic carbocycles. The van der Waals surface area contributed by atoms with Crippen LogP contribution in [0, 0.1) is 11.3 Å². The fourth-order valence-corrected chi connectivity index (χ4v) is 3.60. The minimum Gasteiger partial charge on any atom is -0.481 e. The van der Waals surface area contributed by atoms with Crippen LogP contribution in [-0.2, 0) is 22.4 Å². The quantitative estimate of drug-likeness (QED) is 0.906. The molecule has 0 saturated carbocycles. The van der Waals surface area contributed by atoms with Gasteiger partial charge >= 0.3 is 5.97 Å². The van der Waals surface area contributed by atoms with Crippen LogP contribution in [0.25, 0.3) is 0 Å². The summed E-state index contributed by atoms with van der Waals surface area (Å²) < 4.78 is 0. The first-order valence-electron chi connectivity index (χ1n) is 7.58. The molecule has 0 bridgehead atoms. The van der Waals surface area contributed by atoms with Gasteiger partial charge in [0.15, 0.2) is 0 Å². The van der Waals surface area contributed by atoms with Crippen LogP contribution in [0.5, 0.6) is 0 Å². The van der Waals surface area contributed by atoms with Crippen molar-refractivity contribution >= 4 is 11.9 Å². The smallest absolute Gasteiger partial charge is 0.308 e. The summed E-state index contributed by atoms with van der Waals surface area (Å²) >= 11 is 0. The van der Waals surface area contributed by atoms with E-state index in [1.807, 2.05) is 19.1 Å². The van der Waals surface area contributed by atoms with Gasteiger partial charge in [0.25, 0.3) is 0 Å². The van der Waals surface area contributed by atoms with Crippen LogP contribution in [0.4, 0.5) is 0 Å². The summed E-state index contributed by atoms with van der Waals surface area (Å²) in [5.41, 5.74) is 2.21. The number of carbonyl (C=O) groups excluding carboxylic acids is 1. The summed E-state index contributed by atoms with van der Waals surface area (Å²) in [7, 11) is 0. The number of likely N-dealkylation sites (tertiary alicyclic amines) is 1. The van der Waals surface area contributed by atoms with E-state index in [1.165, 1.54) is 11.1 Å². The molecule has 1 amide bonds. The van der Waals surface area contributed by atoms with E-state index >= 15 is 0 Å². The second kappa shape index (κ2) is 5.17. The molecular weight excluding hydrogens is 266 g/mol. The highest BCUT2D eigenvalue weighted by atomic mass is 16.4. The van der Waals surface area contributed by atoms with Gasteiger partial charge in [0, 0.05) is 13.1 Å². The molecule has 1 heterocycles. The lowest BCUT2D eigenvalue weighted by molar-refractivity contribution is -0.143. The van der Waals surface area contributed by atoms with Gasteiger partial charge in [-0.1, -0.05) is 31.2 Å². The number of carboxylic acids is 1. The van der Waals surface area contributed by atoms with Crippen molar-refractivity contribution in [2.24, 2.45) is 11.3 Å². The van der Waals surface area contributed by atoms with Gasteiger partial charge in [-0.15, -0.1) is 0 Å². The van der Waals surface area contributed by atoms with Crippen LogP contribution in [-0.4, -0.2) is 35.0 Å². The van der Waals surface area contributed by atoms with E-state index in [-0.39, 0.29) is 11.3 Å². The molecule has 4 heteroatoms. The Bertz CT molecular complexity index is 583. The van der Waals surface area contributed by atoms with Gasteiger partial charge < -0.3 is 10.0 Å². The fraction of sp³-hybridized carbons (Fsp3) is 0.529. The van der Waals surface area contributed by atoms with Crippen LogP contribution in [0.2, 0.25) is 0 Å². The van der Waals surface area contributed by atoms with Crippen molar-refractivity contribution in [2.45, 2.75) is 32.6 Å². The zero-order valence-corrected chi connectivity index (χ0v) is 12.3. The number of rotatable bonds is 2. The molecule has 2 atom stereocenters. The predicted molar refractivity (Wildman–Crippen MR) is 78.9 cm³/mol. The maximum absolute atomic E-state index is 12.8. The van der Waals surface area contributed by atoms with Crippen LogP contribution < -0.4 is 0 Å². The van der Waals surface area contributed by atoms with Crippen molar-refractivity contribution < 1.29 is 14.7 Å². The lowest BCUT2D eigenvalue weighted by Gasteiger charge is -2.36. The molecule has 1 N–H and O–H groups in total. The Kier molecular flexibility index (Phi) is 3.47. The molecule has 1 aliphatic carbocycles. The number of hydrogen-bond donors (Lipinski definition) is 1. The third-order valence-electron chi connectivity index (χ3n) is 4.99. The summed E-state index contributed by atoms with van der Waals surface area (Å²) in [6.07, 6.45) is 3.11. The second-order valence-electron chi connectivity index (χ2n) is 6.58. The molecule has 1 aliphatic heterocycles. The molecule has 4 nitrogen and oxygen atoms in total. The average Bonchev–Trinajstić information content (AvgIpc) is 2.96. The lowest BCUT2D eigenvalue weighted by Crippen LogP contribution is -2.44. The summed E-state index contributed by atoms with van der Waals surface area (Å²) in [4.78, 5) is 25.6. The number of carboxylic acid groups (broad SMARTS) is 1. The van der Waals surface area contributed by atoms with Gasteiger partial charge in [0.05, 0.1) is 11.3 Å². The highest BCUT2D eigenvalue weighted by Crippen LogP contribution is 2.37. The SMILES string of the molecule is CC1(C(=O)N2CCC(C(=O)O)C2)CCc2ccccc2C1. The van der Waals surface area contributed by atoms with Crippen LogP contribution in [0.15, 0.2) is 24.3 Å². The first-order chi connectivity index (χ1) is 9.99. The summed E-state index contributed by atoms with van der Waals surface area (Å²) in [6.45, 7) is 2.97. The van der Waals surface area contributed by atoms with Crippen molar-refractivity contribution in [1.29, 1.82) is 0 Å². The molecule has 21 heavy (non-hydrogen) atoms. The summed E-state index contributed by atoms with van der Waals surface area (Å²) in [6, 6.07) is 8.30. The van der Waals surface area contributed by atoms with E-state index in [0.717, 1.165) is 19.3 Å². The van der Waals surface area contributed by atoms with Crippen molar-refractivity contribution in [1.82, 2.24) is 4.90 Å². The first kappa shape index (κ1) is 14.1. The molecule has 112 valence electrons. The number of benzene rings is 1. The monoisotopic (exact) mass is 287 g/mol. The number of amides is 1. The molecule has 1 fully saturated rings. The van der Waals surface area contributed by atoms with Crippen molar-refractivity contribution in [2.75, 3.05) is 13.1 Å². The minimum atomic E-state index is -0.788. The Balaban J connectivity index is 1.75. The number of aliphatic carboxylic acids is 1. The molecule has 0 aromatic heterocycles. The Morgan fingerprint density at radius 1 is 1.29 bits per heavy atom. The molecule has 3 rings (SSSR count). The molecular formula is C17H21NO3. The molecule has 2 aliphatic rings. The zero-order valence-electron chi connectivity index (χ0n) is 12.3. The highest BCUT2D eigenvalue weighted by molar-refractivity contribution is 5.84. The van der Waals surface area contributed by atoms with Gasteiger partial charge in [-0.2, -0.15) is 0 Å². The first-order valence-corrected chi connectivity index (χ1v) is 7.58. The van der Waals surface area contributed by atoms with Crippen LogP contribution in [0.3, 0.4) is 0 Å². The normalized spacial score (nSPS) is 28.2. The van der Waals surface area contributed by atoms with Crippen molar-refractivity contribution in [3.63, 3.8) is 0 Å². The molecule has 0 spiro atoms. The number of aryl methyl sites for hydroxylation is 1. The molecule has 0 radical (unpaired) electrons.